The van der Waals surface area contributed by atoms with Gasteiger partial charge in [-0.2, -0.15) is 0 Å². The molecule has 1 aromatic carbocycles. The third-order valence-corrected chi connectivity index (χ3v) is 3.11. The minimum absolute atomic E-state index is 0.377. The Morgan fingerprint density at radius 1 is 1.43 bits per heavy atom. The lowest BCUT2D eigenvalue weighted by Gasteiger charge is -2.39. The zero-order valence-electron chi connectivity index (χ0n) is 8.91. The highest BCUT2D eigenvalue weighted by Gasteiger charge is 2.37. The molecule has 0 spiro atoms. The molecule has 76 valence electrons. The van der Waals surface area contributed by atoms with Crippen LogP contribution in [0.3, 0.4) is 0 Å². The van der Waals surface area contributed by atoms with Gasteiger partial charge in [0, 0.05) is 20.0 Å². The largest absolute Gasteiger partial charge is 0.462 e. The van der Waals surface area contributed by atoms with Crippen molar-refractivity contribution in [3.05, 3.63) is 29.8 Å². The standard InChI is InChI=1S/C12H16O2/c1-9-8-10-6-4-5-7-11(10)14-12(9,2)13-3/h4-7,9H,8H2,1-3H3. The van der Waals surface area contributed by atoms with Gasteiger partial charge < -0.3 is 9.47 Å². The summed E-state index contributed by atoms with van der Waals surface area (Å²) in [6, 6.07) is 8.15. The topological polar surface area (TPSA) is 18.5 Å². The van der Waals surface area contributed by atoms with Crippen molar-refractivity contribution in [2.45, 2.75) is 26.1 Å². The lowest BCUT2D eigenvalue weighted by Crippen LogP contribution is -2.45. The van der Waals surface area contributed by atoms with E-state index in [1.54, 1.807) is 7.11 Å². The molecule has 1 aliphatic heterocycles. The summed E-state index contributed by atoms with van der Waals surface area (Å²) in [5.74, 6) is 0.853. The van der Waals surface area contributed by atoms with Crippen molar-refractivity contribution in [3.8, 4) is 5.75 Å². The Morgan fingerprint density at radius 3 is 2.86 bits per heavy atom. The van der Waals surface area contributed by atoms with Gasteiger partial charge in [0.15, 0.2) is 0 Å². The summed E-state index contributed by atoms with van der Waals surface area (Å²) < 4.78 is 11.3. The van der Waals surface area contributed by atoms with E-state index in [1.165, 1.54) is 5.56 Å². The van der Waals surface area contributed by atoms with Gasteiger partial charge in [-0.3, -0.25) is 0 Å². The van der Waals surface area contributed by atoms with Crippen LogP contribution in [0.1, 0.15) is 19.4 Å². The van der Waals surface area contributed by atoms with Gasteiger partial charge in [-0.1, -0.05) is 25.1 Å². The number of fused-ring (bicyclic) bond motifs is 1. The summed E-state index contributed by atoms with van der Waals surface area (Å²) in [4.78, 5) is 0. The van der Waals surface area contributed by atoms with E-state index in [2.05, 4.69) is 13.0 Å². The molecule has 0 saturated heterocycles. The third-order valence-electron chi connectivity index (χ3n) is 3.11. The van der Waals surface area contributed by atoms with Crippen LogP contribution in [0.25, 0.3) is 0 Å². The molecular weight excluding hydrogens is 176 g/mol. The molecule has 1 aromatic rings. The van der Waals surface area contributed by atoms with Crippen molar-refractivity contribution < 1.29 is 9.47 Å². The second kappa shape index (κ2) is 3.28. The van der Waals surface area contributed by atoms with Crippen molar-refractivity contribution in [3.63, 3.8) is 0 Å². The second-order valence-electron chi connectivity index (χ2n) is 4.04. The van der Waals surface area contributed by atoms with Crippen LogP contribution >= 0.6 is 0 Å². The first kappa shape index (κ1) is 9.53. The fourth-order valence-corrected chi connectivity index (χ4v) is 1.85. The van der Waals surface area contributed by atoms with E-state index in [4.69, 9.17) is 9.47 Å². The van der Waals surface area contributed by atoms with Crippen molar-refractivity contribution in [1.29, 1.82) is 0 Å². The van der Waals surface area contributed by atoms with Crippen LogP contribution in [-0.4, -0.2) is 12.9 Å². The molecule has 0 N–H and O–H groups in total. The van der Waals surface area contributed by atoms with E-state index in [1.807, 2.05) is 25.1 Å². The molecule has 0 saturated carbocycles. The van der Waals surface area contributed by atoms with E-state index in [0.717, 1.165) is 12.2 Å². The zero-order valence-corrected chi connectivity index (χ0v) is 8.91. The van der Waals surface area contributed by atoms with Crippen molar-refractivity contribution in [2.75, 3.05) is 7.11 Å². The maximum absolute atomic E-state index is 5.86. The average molecular weight is 192 g/mol. The van der Waals surface area contributed by atoms with Gasteiger partial charge >= 0.3 is 0 Å². The first-order valence-corrected chi connectivity index (χ1v) is 4.98. The Labute approximate surface area is 84.8 Å². The first-order valence-electron chi connectivity index (χ1n) is 4.98. The summed E-state index contributed by atoms with van der Waals surface area (Å²) in [6.45, 7) is 4.15. The Kier molecular flexibility index (Phi) is 2.23. The number of methoxy groups -OCH3 is 1. The number of rotatable bonds is 1. The summed E-state index contributed by atoms with van der Waals surface area (Å²) in [6.07, 6.45) is 1.01. The van der Waals surface area contributed by atoms with Gasteiger partial charge in [0.25, 0.3) is 0 Å². The number of hydrogen-bond donors (Lipinski definition) is 0. The van der Waals surface area contributed by atoms with Gasteiger partial charge in [-0.25, -0.2) is 0 Å². The molecule has 0 aromatic heterocycles. The van der Waals surface area contributed by atoms with Crippen LogP contribution in [0.5, 0.6) is 5.75 Å². The van der Waals surface area contributed by atoms with Crippen molar-refractivity contribution in [1.82, 2.24) is 0 Å². The van der Waals surface area contributed by atoms with Crippen molar-refractivity contribution >= 4 is 0 Å². The van der Waals surface area contributed by atoms with E-state index >= 15 is 0 Å². The molecule has 0 aliphatic carbocycles. The first-order chi connectivity index (χ1) is 6.65. The van der Waals surface area contributed by atoms with E-state index in [9.17, 15) is 0 Å². The predicted molar refractivity (Wildman–Crippen MR) is 55.4 cm³/mol. The van der Waals surface area contributed by atoms with Gasteiger partial charge in [-0.15, -0.1) is 0 Å². The van der Waals surface area contributed by atoms with Gasteiger partial charge in [0.2, 0.25) is 5.79 Å². The molecule has 0 bridgehead atoms. The highest BCUT2D eigenvalue weighted by Crippen LogP contribution is 2.36. The molecule has 1 heterocycles. The Bertz CT molecular complexity index is 335. The van der Waals surface area contributed by atoms with Crippen LogP contribution in [-0.2, 0) is 11.2 Å². The molecule has 0 fully saturated rings. The fourth-order valence-electron chi connectivity index (χ4n) is 1.85. The smallest absolute Gasteiger partial charge is 0.210 e. The van der Waals surface area contributed by atoms with E-state index < -0.39 is 5.79 Å². The van der Waals surface area contributed by atoms with Crippen LogP contribution in [0.2, 0.25) is 0 Å². The SMILES string of the molecule is COC1(C)Oc2ccccc2CC1C. The Hall–Kier alpha value is -1.02. The van der Waals surface area contributed by atoms with E-state index in [0.29, 0.717) is 5.92 Å². The summed E-state index contributed by atoms with van der Waals surface area (Å²) in [5.41, 5.74) is 1.27. The van der Waals surface area contributed by atoms with Gasteiger partial charge in [0.1, 0.15) is 5.75 Å². The van der Waals surface area contributed by atoms with Gasteiger partial charge in [0.05, 0.1) is 0 Å². The molecule has 2 rings (SSSR count). The maximum Gasteiger partial charge on any atom is 0.210 e. The lowest BCUT2D eigenvalue weighted by molar-refractivity contribution is -0.190. The number of para-hydroxylation sites is 1. The molecule has 0 amide bonds. The lowest BCUT2D eigenvalue weighted by atomic mass is 9.90. The average Bonchev–Trinajstić information content (AvgIpc) is 2.20. The molecule has 2 nitrogen and oxygen atoms in total. The summed E-state index contributed by atoms with van der Waals surface area (Å²) in [7, 11) is 1.70. The highest BCUT2D eigenvalue weighted by atomic mass is 16.7. The highest BCUT2D eigenvalue weighted by molar-refractivity contribution is 5.36. The summed E-state index contributed by atoms with van der Waals surface area (Å²) in [5, 5.41) is 0. The minimum Gasteiger partial charge on any atom is -0.462 e. The van der Waals surface area contributed by atoms with Crippen LogP contribution in [0, 0.1) is 5.92 Å². The monoisotopic (exact) mass is 192 g/mol. The fraction of sp³-hybridized carbons (Fsp3) is 0.500. The molecule has 2 atom stereocenters. The molecular formula is C12H16O2. The Morgan fingerprint density at radius 2 is 2.14 bits per heavy atom. The summed E-state index contributed by atoms with van der Waals surface area (Å²) >= 11 is 0. The maximum atomic E-state index is 5.86. The minimum atomic E-state index is -0.478. The molecule has 2 heteroatoms. The number of ether oxygens (including phenoxy) is 2. The normalized spacial score (nSPS) is 30.6. The Balaban J connectivity index is 2.36. The zero-order chi connectivity index (χ0) is 10.2. The van der Waals surface area contributed by atoms with Crippen molar-refractivity contribution in [2.24, 2.45) is 5.92 Å². The molecule has 0 radical (unpaired) electrons. The number of benzene rings is 1. The van der Waals surface area contributed by atoms with E-state index in [-0.39, 0.29) is 0 Å². The predicted octanol–water partition coefficient (Wildman–Crippen LogP) is 2.62. The van der Waals surface area contributed by atoms with Crippen LogP contribution < -0.4 is 4.74 Å². The third kappa shape index (κ3) is 1.40. The van der Waals surface area contributed by atoms with Gasteiger partial charge in [-0.05, 0) is 18.1 Å². The number of hydrogen-bond acceptors (Lipinski definition) is 2. The molecule has 2 unspecified atom stereocenters. The van der Waals surface area contributed by atoms with Crippen LogP contribution in [0.15, 0.2) is 24.3 Å². The molecule has 14 heavy (non-hydrogen) atoms. The quantitative estimate of drug-likeness (QED) is 0.681. The molecule has 1 aliphatic rings. The van der Waals surface area contributed by atoms with Crippen LogP contribution in [0.4, 0.5) is 0 Å². The second-order valence-corrected chi connectivity index (χ2v) is 4.04.